The highest BCUT2D eigenvalue weighted by Crippen LogP contribution is 2.51. The lowest BCUT2D eigenvalue weighted by atomic mass is 9.73. The van der Waals surface area contributed by atoms with E-state index in [0.717, 1.165) is 24.2 Å². The zero-order chi connectivity index (χ0) is 21.0. The van der Waals surface area contributed by atoms with Gasteiger partial charge < -0.3 is 9.33 Å². The Balaban J connectivity index is 2.18. The Labute approximate surface area is 174 Å². The van der Waals surface area contributed by atoms with E-state index in [1.165, 1.54) is 0 Å². The first kappa shape index (κ1) is 21.2. The zero-order valence-corrected chi connectivity index (χ0v) is 19.7. The summed E-state index contributed by atoms with van der Waals surface area (Å²) in [4.78, 5) is 17.3. The van der Waals surface area contributed by atoms with Crippen LogP contribution in [0.25, 0.3) is 0 Å². The van der Waals surface area contributed by atoms with E-state index in [-0.39, 0.29) is 17.5 Å². The van der Waals surface area contributed by atoms with E-state index >= 15 is 0 Å². The fourth-order valence-electron chi connectivity index (χ4n) is 4.97. The van der Waals surface area contributed by atoms with Crippen LogP contribution in [0, 0.1) is 29.6 Å². The Kier molecular flexibility index (Phi) is 5.33. The third-order valence-electron chi connectivity index (χ3n) is 6.13. The maximum atomic E-state index is 13.6. The number of nitrogens with zero attached hydrogens (tertiary/aromatic N) is 3. The van der Waals surface area contributed by atoms with Crippen LogP contribution in [0.5, 0.6) is 0 Å². The van der Waals surface area contributed by atoms with Crippen LogP contribution in [0.2, 0.25) is 18.1 Å². The van der Waals surface area contributed by atoms with Gasteiger partial charge in [-0.15, -0.1) is 0 Å². The molecule has 5 nitrogen and oxygen atoms in total. The highest BCUT2D eigenvalue weighted by molar-refractivity contribution is 6.48. The molecule has 1 aromatic carbocycles. The SMILES string of the molecule is Cc1c(N2C(=O)N3CC[C@@H](C(C)(C)C)[C@@H]3[C@]2(C)O[SiH](C)C)ccc(C#N)c1Cl. The van der Waals surface area contributed by atoms with E-state index < -0.39 is 14.8 Å². The highest BCUT2D eigenvalue weighted by atomic mass is 35.5. The van der Waals surface area contributed by atoms with Gasteiger partial charge >= 0.3 is 6.03 Å². The second kappa shape index (κ2) is 7.05. The van der Waals surface area contributed by atoms with Gasteiger partial charge in [-0.1, -0.05) is 32.4 Å². The summed E-state index contributed by atoms with van der Waals surface area (Å²) in [6.07, 6.45) is 0.986. The molecule has 0 radical (unpaired) electrons. The summed E-state index contributed by atoms with van der Waals surface area (Å²) in [7, 11) is -1.46. The first-order chi connectivity index (χ1) is 12.9. The molecule has 2 aliphatic heterocycles. The minimum atomic E-state index is -1.46. The molecule has 2 heterocycles. The monoisotopic (exact) mass is 419 g/mol. The molecule has 3 atom stereocenters. The third-order valence-corrected chi connectivity index (χ3v) is 7.57. The standard InChI is InChI=1S/C21H30ClN3O2Si/c1-13-16(9-8-14(12-23)17(13)22)25-19(26)24-11-10-15(20(2,3)4)18(24)21(25,5)27-28(6)7/h8-9,15,18,28H,10-11H2,1-7H3/t15-,18-,21+/m1/s1. The predicted molar refractivity (Wildman–Crippen MR) is 115 cm³/mol. The average Bonchev–Trinajstić information content (AvgIpc) is 3.11. The minimum Gasteiger partial charge on any atom is -0.397 e. The molecule has 2 fully saturated rings. The van der Waals surface area contributed by atoms with Crippen LogP contribution >= 0.6 is 11.6 Å². The van der Waals surface area contributed by atoms with Crippen LogP contribution in [0.1, 0.15) is 45.2 Å². The molecule has 0 aliphatic carbocycles. The molecular formula is C21H30ClN3O2Si. The molecule has 2 amide bonds. The van der Waals surface area contributed by atoms with Crippen LogP contribution in [0.4, 0.5) is 10.5 Å². The van der Waals surface area contributed by atoms with E-state index in [4.69, 9.17) is 16.0 Å². The van der Waals surface area contributed by atoms with Gasteiger partial charge in [-0.05, 0) is 62.4 Å². The number of anilines is 1. The first-order valence-corrected chi connectivity index (χ1v) is 13.1. The number of hydrogen-bond donors (Lipinski definition) is 0. The normalized spacial score (nSPS) is 27.5. The van der Waals surface area contributed by atoms with Gasteiger partial charge in [0, 0.05) is 6.54 Å². The summed E-state index contributed by atoms with van der Waals surface area (Å²) >= 11 is 6.44. The number of hydrogen-bond acceptors (Lipinski definition) is 3. The van der Waals surface area contributed by atoms with Crippen molar-refractivity contribution >= 4 is 32.4 Å². The number of amides is 2. The smallest absolute Gasteiger partial charge is 0.327 e. The van der Waals surface area contributed by atoms with E-state index in [9.17, 15) is 10.1 Å². The van der Waals surface area contributed by atoms with E-state index in [2.05, 4.69) is 46.9 Å². The Hall–Kier alpha value is -1.55. The van der Waals surface area contributed by atoms with Gasteiger partial charge in [-0.25, -0.2) is 4.79 Å². The predicted octanol–water partition coefficient (Wildman–Crippen LogP) is 4.91. The van der Waals surface area contributed by atoms with Crippen LogP contribution in [-0.2, 0) is 4.43 Å². The van der Waals surface area contributed by atoms with Gasteiger partial charge in [0.15, 0.2) is 14.8 Å². The maximum absolute atomic E-state index is 13.6. The highest BCUT2D eigenvalue weighted by Gasteiger charge is 2.62. The molecule has 0 saturated carbocycles. The number of nitriles is 1. The van der Waals surface area contributed by atoms with Crippen LogP contribution in [-0.4, -0.2) is 38.3 Å². The number of urea groups is 1. The Morgan fingerprint density at radius 2 is 2.00 bits per heavy atom. The molecule has 2 saturated heterocycles. The van der Waals surface area contributed by atoms with E-state index in [1.54, 1.807) is 11.0 Å². The average molecular weight is 420 g/mol. The van der Waals surface area contributed by atoms with Crippen molar-refractivity contribution < 1.29 is 9.22 Å². The Morgan fingerprint density at radius 3 is 2.54 bits per heavy atom. The van der Waals surface area contributed by atoms with Crippen molar-refractivity contribution in [2.24, 2.45) is 11.3 Å². The molecule has 0 N–H and O–H groups in total. The molecule has 0 unspecified atom stereocenters. The topological polar surface area (TPSA) is 56.6 Å². The summed E-state index contributed by atoms with van der Waals surface area (Å²) in [6, 6.07) is 5.59. The first-order valence-electron chi connectivity index (χ1n) is 9.91. The van der Waals surface area contributed by atoms with Gasteiger partial charge in [-0.2, -0.15) is 5.26 Å². The van der Waals surface area contributed by atoms with Crippen LogP contribution in [0.3, 0.4) is 0 Å². The van der Waals surface area contributed by atoms with Crippen molar-refractivity contribution in [3.8, 4) is 6.07 Å². The summed E-state index contributed by atoms with van der Waals surface area (Å²) in [5.41, 5.74) is 1.20. The molecule has 1 aromatic rings. The lowest BCUT2D eigenvalue weighted by Crippen LogP contribution is -2.56. The lowest BCUT2D eigenvalue weighted by Gasteiger charge is -2.44. The van der Waals surface area contributed by atoms with Crippen molar-refractivity contribution in [2.75, 3.05) is 11.4 Å². The molecule has 28 heavy (non-hydrogen) atoms. The van der Waals surface area contributed by atoms with Crippen molar-refractivity contribution in [3.63, 3.8) is 0 Å². The zero-order valence-electron chi connectivity index (χ0n) is 17.8. The van der Waals surface area contributed by atoms with Crippen molar-refractivity contribution in [1.82, 2.24) is 4.90 Å². The van der Waals surface area contributed by atoms with Crippen molar-refractivity contribution in [3.05, 3.63) is 28.3 Å². The molecular weight excluding hydrogens is 390 g/mol. The fraction of sp³-hybridized carbons (Fsp3) is 0.619. The van der Waals surface area contributed by atoms with Crippen LogP contribution in [0.15, 0.2) is 12.1 Å². The number of fused-ring (bicyclic) bond motifs is 1. The second-order valence-corrected chi connectivity index (χ2v) is 12.1. The van der Waals surface area contributed by atoms with Crippen molar-refractivity contribution in [1.29, 1.82) is 5.26 Å². The van der Waals surface area contributed by atoms with Gasteiger partial charge in [0.2, 0.25) is 0 Å². The summed E-state index contributed by atoms with van der Waals surface area (Å²) < 4.78 is 6.62. The molecule has 152 valence electrons. The summed E-state index contributed by atoms with van der Waals surface area (Å²) in [5, 5.41) is 9.69. The van der Waals surface area contributed by atoms with Crippen LogP contribution < -0.4 is 4.90 Å². The summed E-state index contributed by atoms with van der Waals surface area (Å²) in [6.45, 7) is 15.7. The minimum absolute atomic E-state index is 0.0104. The van der Waals surface area contributed by atoms with E-state index in [1.807, 2.05) is 17.9 Å². The Morgan fingerprint density at radius 1 is 1.36 bits per heavy atom. The molecule has 3 rings (SSSR count). The third kappa shape index (κ3) is 3.14. The fourth-order valence-corrected chi connectivity index (χ4v) is 6.37. The second-order valence-electron chi connectivity index (χ2n) is 9.42. The number of halogens is 1. The number of benzene rings is 1. The molecule has 0 bridgehead atoms. The maximum Gasteiger partial charge on any atom is 0.327 e. The van der Waals surface area contributed by atoms with Gasteiger partial charge in [-0.3, -0.25) is 4.90 Å². The van der Waals surface area contributed by atoms with E-state index in [0.29, 0.717) is 16.5 Å². The quantitative estimate of drug-likeness (QED) is 0.654. The number of carbonyl (C=O) groups excluding carboxylic acids is 1. The van der Waals surface area contributed by atoms with Gasteiger partial charge in [0.25, 0.3) is 0 Å². The molecule has 0 spiro atoms. The number of rotatable bonds is 3. The van der Waals surface area contributed by atoms with Crippen molar-refractivity contribution in [2.45, 2.75) is 65.9 Å². The number of carbonyl (C=O) groups is 1. The molecule has 0 aromatic heterocycles. The molecule has 7 heteroatoms. The Bertz CT molecular complexity index is 845. The van der Waals surface area contributed by atoms with Gasteiger partial charge in [0.05, 0.1) is 22.3 Å². The molecule has 2 aliphatic rings. The van der Waals surface area contributed by atoms with Gasteiger partial charge in [0.1, 0.15) is 6.07 Å². The summed E-state index contributed by atoms with van der Waals surface area (Å²) in [5.74, 6) is 0.341. The largest absolute Gasteiger partial charge is 0.397 e. The lowest BCUT2D eigenvalue weighted by molar-refractivity contribution is 0.0156.